The largest absolute Gasteiger partial charge is 0.461 e. The lowest BCUT2D eigenvalue weighted by Crippen LogP contribution is -2.47. The molecule has 2 aromatic heterocycles. The van der Waals surface area contributed by atoms with E-state index in [9.17, 15) is 19.2 Å². The number of benzene rings is 5. The van der Waals surface area contributed by atoms with Gasteiger partial charge >= 0.3 is 18.0 Å². The molecular formula is C63H66N4O7SSi. The number of nitrogens with one attached hydrogen (secondary N) is 2. The molecule has 0 bridgehead atoms. The monoisotopic (exact) mass is 1050 g/mol. The quantitative estimate of drug-likeness (QED) is 0.0159. The number of hydrogen-bond donors (Lipinski definition) is 2. The predicted molar refractivity (Wildman–Crippen MR) is 305 cm³/mol. The topological polar surface area (TPSA) is 146 Å². The molecule has 0 spiro atoms. The molecule has 1 aliphatic rings. The number of thioether (sulfide) groups is 1. The van der Waals surface area contributed by atoms with Crippen LogP contribution >= 0.6 is 11.8 Å². The van der Waals surface area contributed by atoms with Crippen LogP contribution in [0.1, 0.15) is 76.6 Å². The molecule has 0 aliphatic heterocycles. The van der Waals surface area contributed by atoms with Crippen LogP contribution in [-0.4, -0.2) is 73.1 Å². The maximum Gasteiger partial charge on any atom is 0.407 e. The zero-order valence-electron chi connectivity index (χ0n) is 43.8. The standard InChI is InChI=1S/C63H66N4O7SSi/c1-44(2)59(67-62(71)73-43-54-52-33-17-15-31-50(52)51-32-16-18-34-53(51)54)61(70)74-49(30-19-20-39-75-63(45-23-9-6-10-24-45,46-25-11-7-12-26-46)47-27-13-8-14-28-47)41-58(68)64-42-48-29-21-35-55(65-48)56-36-22-37-57(66-56)60(69)72-38-40-76(3,4)5/h6-19,21-37,44,49,54,59H,20,38-43H2,1-5H3,(H,64,68)(H,67,71)/b30-19+/t49-,59-/m1/s1. The third-order valence-electron chi connectivity index (χ3n) is 13.3. The molecule has 11 nitrogen and oxygen atoms in total. The molecule has 5 aromatic carbocycles. The first kappa shape index (κ1) is 54.6. The van der Waals surface area contributed by atoms with E-state index in [4.69, 9.17) is 19.2 Å². The van der Waals surface area contributed by atoms with Crippen LogP contribution in [0.4, 0.5) is 4.79 Å². The number of carbonyl (C=O) groups is 4. The van der Waals surface area contributed by atoms with E-state index in [1.54, 1.807) is 36.4 Å². The lowest BCUT2D eigenvalue weighted by Gasteiger charge is -2.35. The lowest BCUT2D eigenvalue weighted by molar-refractivity contribution is -0.151. The molecule has 0 saturated carbocycles. The molecule has 2 heterocycles. The van der Waals surface area contributed by atoms with Gasteiger partial charge in [0, 0.05) is 14.0 Å². The summed E-state index contributed by atoms with van der Waals surface area (Å²) in [6, 6.07) is 57.9. The van der Waals surface area contributed by atoms with E-state index in [1.807, 2.05) is 92.3 Å². The molecule has 8 rings (SSSR count). The number of ether oxygens (including phenoxy) is 3. The summed E-state index contributed by atoms with van der Waals surface area (Å²) in [4.78, 5) is 63.8. The van der Waals surface area contributed by atoms with Crippen LogP contribution in [0.3, 0.4) is 0 Å². The van der Waals surface area contributed by atoms with Crippen LogP contribution in [0.15, 0.2) is 188 Å². The summed E-state index contributed by atoms with van der Waals surface area (Å²) in [5.74, 6) is -1.42. The Bertz CT molecular complexity index is 2970. The molecular weight excluding hydrogens is 985 g/mol. The fourth-order valence-corrected chi connectivity index (χ4v) is 11.5. The molecule has 2 atom stereocenters. The minimum atomic E-state index is -1.39. The number of alkyl carbamates (subject to hydrolysis) is 1. The first-order chi connectivity index (χ1) is 36.8. The Morgan fingerprint density at radius 2 is 1.22 bits per heavy atom. The number of nitrogens with zero attached hydrogens (tertiary/aromatic N) is 2. The molecule has 13 heteroatoms. The Morgan fingerprint density at radius 1 is 0.671 bits per heavy atom. The third-order valence-corrected chi connectivity index (χ3v) is 16.5. The van der Waals surface area contributed by atoms with E-state index in [0.717, 1.165) is 45.0 Å². The van der Waals surface area contributed by atoms with Crippen LogP contribution < -0.4 is 10.6 Å². The second kappa shape index (κ2) is 25.8. The summed E-state index contributed by atoms with van der Waals surface area (Å²) >= 11 is 1.81. The lowest BCUT2D eigenvalue weighted by atomic mass is 9.84. The zero-order valence-corrected chi connectivity index (χ0v) is 45.6. The minimum absolute atomic E-state index is 0.0740. The van der Waals surface area contributed by atoms with Crippen molar-refractivity contribution in [1.29, 1.82) is 0 Å². The van der Waals surface area contributed by atoms with E-state index in [0.29, 0.717) is 35.9 Å². The molecule has 2 amide bonds. The fraction of sp³-hybridized carbons (Fsp3) is 0.270. The molecule has 0 saturated heterocycles. The normalized spacial score (nSPS) is 13.1. The highest BCUT2D eigenvalue weighted by atomic mass is 32.2. The summed E-state index contributed by atoms with van der Waals surface area (Å²) in [7, 11) is -1.39. The Morgan fingerprint density at radius 3 is 1.80 bits per heavy atom. The number of allylic oxidation sites excluding steroid dienone is 1. The number of esters is 2. The van der Waals surface area contributed by atoms with Gasteiger partial charge in [-0.25, -0.2) is 24.4 Å². The van der Waals surface area contributed by atoms with Crippen molar-refractivity contribution >= 4 is 43.8 Å². The fourth-order valence-electron chi connectivity index (χ4n) is 9.31. The number of hydrogen-bond acceptors (Lipinski definition) is 10. The Kier molecular flexibility index (Phi) is 18.5. The van der Waals surface area contributed by atoms with E-state index in [1.165, 1.54) is 0 Å². The summed E-state index contributed by atoms with van der Waals surface area (Å²) in [6.45, 7) is 10.8. The van der Waals surface area contributed by atoms with Gasteiger partial charge in [-0.15, -0.1) is 11.8 Å². The maximum atomic E-state index is 14.2. The molecule has 2 N–H and O–H groups in total. The van der Waals surface area contributed by atoms with Gasteiger partial charge in [-0.05, 0) is 93.4 Å². The van der Waals surface area contributed by atoms with Gasteiger partial charge in [0.15, 0.2) is 0 Å². The van der Waals surface area contributed by atoms with Gasteiger partial charge in [0.25, 0.3) is 0 Å². The molecule has 0 unspecified atom stereocenters. The average molecular weight is 1050 g/mol. The summed E-state index contributed by atoms with van der Waals surface area (Å²) in [6.07, 6.45) is 2.36. The van der Waals surface area contributed by atoms with Crippen LogP contribution in [0, 0.1) is 5.92 Å². The van der Waals surface area contributed by atoms with Gasteiger partial charge < -0.3 is 24.8 Å². The van der Waals surface area contributed by atoms with E-state index in [2.05, 4.69) is 120 Å². The number of pyridine rings is 2. The maximum absolute atomic E-state index is 14.2. The Labute approximate surface area is 452 Å². The van der Waals surface area contributed by atoms with Gasteiger partial charge in [-0.2, -0.15) is 0 Å². The number of amides is 2. The van der Waals surface area contributed by atoms with E-state index in [-0.39, 0.29) is 43.0 Å². The van der Waals surface area contributed by atoms with Crippen molar-refractivity contribution in [3.63, 3.8) is 0 Å². The minimum Gasteiger partial charge on any atom is -0.461 e. The average Bonchev–Trinajstić information content (AvgIpc) is 3.80. The zero-order chi connectivity index (χ0) is 53.5. The molecule has 76 heavy (non-hydrogen) atoms. The number of fused-ring (bicyclic) bond motifs is 3. The first-order valence-electron chi connectivity index (χ1n) is 26.0. The van der Waals surface area contributed by atoms with Crippen LogP contribution in [0.25, 0.3) is 22.5 Å². The summed E-state index contributed by atoms with van der Waals surface area (Å²) < 4.78 is 17.0. The molecule has 1 aliphatic carbocycles. The second-order valence-electron chi connectivity index (χ2n) is 20.4. The van der Waals surface area contributed by atoms with Crippen LogP contribution in [-0.2, 0) is 35.1 Å². The van der Waals surface area contributed by atoms with Gasteiger partial charge in [-0.1, -0.05) is 191 Å². The molecule has 0 fully saturated rings. The number of aromatic nitrogens is 2. The predicted octanol–water partition coefficient (Wildman–Crippen LogP) is 12.8. The van der Waals surface area contributed by atoms with Gasteiger partial charge in [0.1, 0.15) is 24.4 Å². The Balaban J connectivity index is 0.962. The second-order valence-corrected chi connectivity index (χ2v) is 27.3. The highest BCUT2D eigenvalue weighted by Crippen LogP contribution is 2.49. The van der Waals surface area contributed by atoms with Crippen LogP contribution in [0.5, 0.6) is 0 Å². The molecule has 7 aromatic rings. The number of rotatable bonds is 23. The van der Waals surface area contributed by atoms with Gasteiger partial charge in [0.2, 0.25) is 5.91 Å². The van der Waals surface area contributed by atoms with E-state index < -0.39 is 43.0 Å². The highest BCUT2D eigenvalue weighted by molar-refractivity contribution is 8.00. The highest BCUT2D eigenvalue weighted by Gasteiger charge is 2.37. The number of carbonyl (C=O) groups excluding carboxylic acids is 4. The summed E-state index contributed by atoms with van der Waals surface area (Å²) in [5, 5.41) is 5.73. The molecule has 0 radical (unpaired) electrons. The smallest absolute Gasteiger partial charge is 0.407 e. The van der Waals surface area contributed by atoms with Crippen molar-refractivity contribution in [2.75, 3.05) is 19.0 Å². The van der Waals surface area contributed by atoms with E-state index >= 15 is 0 Å². The third kappa shape index (κ3) is 14.0. The van der Waals surface area contributed by atoms with Crippen molar-refractivity contribution in [1.82, 2.24) is 20.6 Å². The summed E-state index contributed by atoms with van der Waals surface area (Å²) in [5.41, 5.74) is 9.56. The van der Waals surface area contributed by atoms with Crippen molar-refractivity contribution in [3.05, 3.63) is 227 Å². The van der Waals surface area contributed by atoms with Crippen LogP contribution in [0.2, 0.25) is 25.7 Å². The van der Waals surface area contributed by atoms with Crippen molar-refractivity contribution in [3.8, 4) is 22.5 Å². The van der Waals surface area contributed by atoms with Gasteiger partial charge in [0.05, 0.1) is 41.4 Å². The molecule has 390 valence electrons. The SMILES string of the molecule is CC(C)[C@@H](NC(=O)OCC1c2ccccc2-c2ccccc21)C(=O)O[C@H](/C=C/CCSC(c1ccccc1)(c1ccccc1)c1ccccc1)CC(=O)NCc1cccc(-c2cccc(C(=O)OCC[Si](C)(C)C)n2)n1. The first-order valence-corrected chi connectivity index (χ1v) is 30.6. The van der Waals surface area contributed by atoms with Crippen molar-refractivity contribution < 1.29 is 33.4 Å². The van der Waals surface area contributed by atoms with Crippen molar-refractivity contribution in [2.45, 2.75) is 81.7 Å². The van der Waals surface area contributed by atoms with Gasteiger partial charge in [-0.3, -0.25) is 4.79 Å². The Hall–Kier alpha value is -7.61. The van der Waals surface area contributed by atoms with Crippen molar-refractivity contribution in [2.24, 2.45) is 5.92 Å².